The summed E-state index contributed by atoms with van der Waals surface area (Å²) in [5.74, 6) is 1.14. The smallest absolute Gasteiger partial charge is 0.261 e. The summed E-state index contributed by atoms with van der Waals surface area (Å²) in [5.41, 5.74) is 2.17. The molecule has 0 spiro atoms. The summed E-state index contributed by atoms with van der Waals surface area (Å²) in [6.45, 7) is 0. The second-order valence-electron chi connectivity index (χ2n) is 7.86. The van der Waals surface area contributed by atoms with Gasteiger partial charge in [-0.1, -0.05) is 42.5 Å². The molecule has 1 fully saturated rings. The minimum absolute atomic E-state index is 0.0289. The number of sulfonamides is 1. The van der Waals surface area contributed by atoms with Crippen LogP contribution in [0.25, 0.3) is 10.8 Å². The molecule has 4 aromatic rings. The molecule has 172 valence electrons. The van der Waals surface area contributed by atoms with Crippen LogP contribution < -0.4 is 14.4 Å². The Balaban J connectivity index is 1.36. The van der Waals surface area contributed by atoms with E-state index in [2.05, 4.69) is 4.72 Å². The number of ether oxygens (including phenoxy) is 1. The van der Waals surface area contributed by atoms with Crippen LogP contribution in [0.5, 0.6) is 5.75 Å². The number of hydrogen-bond acceptors (Lipinski definition) is 5. The van der Waals surface area contributed by atoms with Crippen molar-refractivity contribution in [1.82, 2.24) is 0 Å². The summed E-state index contributed by atoms with van der Waals surface area (Å²) in [6, 6.07) is 27.2. The van der Waals surface area contributed by atoms with Gasteiger partial charge in [-0.05, 0) is 64.9 Å². The van der Waals surface area contributed by atoms with E-state index in [0.717, 1.165) is 27.8 Å². The Morgan fingerprint density at radius 3 is 2.32 bits per heavy atom. The fourth-order valence-electron chi connectivity index (χ4n) is 3.96. The Hall–Kier alpha value is -3.49. The summed E-state index contributed by atoms with van der Waals surface area (Å²) in [7, 11) is -2.14. The summed E-state index contributed by atoms with van der Waals surface area (Å²) in [5, 5.41) is 1.66. The highest BCUT2D eigenvalue weighted by Gasteiger charge is 2.34. The summed E-state index contributed by atoms with van der Waals surface area (Å²) < 4.78 is 33.7. The molecule has 0 aliphatic carbocycles. The van der Waals surface area contributed by atoms with Gasteiger partial charge in [-0.15, -0.1) is 11.8 Å². The zero-order valence-electron chi connectivity index (χ0n) is 18.3. The molecule has 1 N–H and O–H groups in total. The van der Waals surface area contributed by atoms with Gasteiger partial charge >= 0.3 is 0 Å². The second-order valence-corrected chi connectivity index (χ2v) is 10.6. The molecule has 0 bridgehead atoms. The molecule has 1 saturated heterocycles. The van der Waals surface area contributed by atoms with Crippen LogP contribution in [0.1, 0.15) is 10.9 Å². The molecule has 0 aromatic heterocycles. The molecular weight excluding hydrogens is 468 g/mol. The van der Waals surface area contributed by atoms with E-state index in [1.807, 2.05) is 60.7 Å². The predicted octanol–water partition coefficient (Wildman–Crippen LogP) is 5.43. The van der Waals surface area contributed by atoms with Crippen molar-refractivity contribution in [2.45, 2.75) is 10.3 Å². The van der Waals surface area contributed by atoms with Crippen LogP contribution in [0.4, 0.5) is 11.4 Å². The first-order valence-electron chi connectivity index (χ1n) is 10.6. The summed E-state index contributed by atoms with van der Waals surface area (Å²) >= 11 is 1.54. The summed E-state index contributed by atoms with van der Waals surface area (Å²) in [4.78, 5) is 14.6. The number of rotatable bonds is 6. The van der Waals surface area contributed by atoms with Crippen molar-refractivity contribution in [2.75, 3.05) is 22.5 Å². The number of benzene rings is 4. The van der Waals surface area contributed by atoms with Crippen LogP contribution in [0.15, 0.2) is 95.9 Å². The molecule has 5 rings (SSSR count). The number of amides is 1. The van der Waals surface area contributed by atoms with Gasteiger partial charge in [-0.25, -0.2) is 8.42 Å². The number of methoxy groups -OCH3 is 1. The molecule has 0 unspecified atom stereocenters. The standard InChI is InChI=1S/C26H22N2O4S2/c1-32-23-13-11-22(12-14-23)28-25(29)17-33-26(28)19-6-9-21(10-7-19)27-34(30,31)24-15-8-18-4-2-3-5-20(18)16-24/h2-16,26-27H,17H2,1H3/t26-/m1/s1. The van der Waals surface area contributed by atoms with Crippen molar-refractivity contribution in [1.29, 1.82) is 0 Å². The lowest BCUT2D eigenvalue weighted by Crippen LogP contribution is -2.27. The number of anilines is 2. The number of nitrogens with one attached hydrogen (secondary N) is 1. The lowest BCUT2D eigenvalue weighted by molar-refractivity contribution is -0.115. The quantitative estimate of drug-likeness (QED) is 0.390. The fraction of sp³-hybridized carbons (Fsp3) is 0.115. The molecule has 8 heteroatoms. The van der Waals surface area contributed by atoms with Gasteiger partial charge in [0.05, 0.1) is 17.8 Å². The molecule has 4 aromatic carbocycles. The monoisotopic (exact) mass is 490 g/mol. The highest BCUT2D eigenvalue weighted by molar-refractivity contribution is 8.00. The number of hydrogen-bond donors (Lipinski definition) is 1. The maximum absolute atomic E-state index is 12.9. The van der Waals surface area contributed by atoms with Gasteiger partial charge in [0.25, 0.3) is 10.0 Å². The first-order chi connectivity index (χ1) is 16.4. The van der Waals surface area contributed by atoms with Crippen molar-refractivity contribution in [3.63, 3.8) is 0 Å². The minimum atomic E-state index is -3.74. The van der Waals surface area contributed by atoms with Crippen molar-refractivity contribution >= 4 is 49.8 Å². The topological polar surface area (TPSA) is 75.7 Å². The number of fused-ring (bicyclic) bond motifs is 1. The first kappa shape index (κ1) is 22.3. The van der Waals surface area contributed by atoms with Gasteiger partial charge in [0.1, 0.15) is 11.1 Å². The highest BCUT2D eigenvalue weighted by Crippen LogP contribution is 2.42. The zero-order chi connectivity index (χ0) is 23.7. The third kappa shape index (κ3) is 4.34. The molecule has 0 radical (unpaired) electrons. The van der Waals surface area contributed by atoms with Gasteiger partial charge < -0.3 is 4.74 Å². The van der Waals surface area contributed by atoms with Crippen molar-refractivity contribution in [2.24, 2.45) is 0 Å². The van der Waals surface area contributed by atoms with Crippen LogP contribution in [-0.4, -0.2) is 27.2 Å². The normalized spacial score (nSPS) is 16.1. The molecule has 0 saturated carbocycles. The Labute approximate surface area is 202 Å². The second kappa shape index (κ2) is 9.04. The molecular formula is C26H22N2O4S2. The van der Waals surface area contributed by atoms with Crippen LogP contribution >= 0.6 is 11.8 Å². The van der Waals surface area contributed by atoms with Crippen LogP contribution in [0, 0.1) is 0 Å². The third-order valence-corrected chi connectivity index (χ3v) is 8.29. The maximum Gasteiger partial charge on any atom is 0.261 e. The number of nitrogens with zero attached hydrogens (tertiary/aromatic N) is 1. The van der Waals surface area contributed by atoms with E-state index in [-0.39, 0.29) is 16.2 Å². The van der Waals surface area contributed by atoms with E-state index < -0.39 is 10.0 Å². The first-order valence-corrected chi connectivity index (χ1v) is 13.2. The van der Waals surface area contributed by atoms with Crippen molar-refractivity contribution in [3.8, 4) is 5.75 Å². The van der Waals surface area contributed by atoms with E-state index in [0.29, 0.717) is 11.4 Å². The third-order valence-electron chi connectivity index (χ3n) is 5.70. The van der Waals surface area contributed by atoms with Crippen LogP contribution in [-0.2, 0) is 14.8 Å². The summed E-state index contributed by atoms with van der Waals surface area (Å²) in [6.07, 6.45) is 0. The average Bonchev–Trinajstić information content (AvgIpc) is 3.25. The fourth-order valence-corrected chi connectivity index (χ4v) is 6.23. The Bertz CT molecular complexity index is 1450. The molecule has 1 heterocycles. The number of thioether (sulfide) groups is 1. The largest absolute Gasteiger partial charge is 0.497 e. The van der Waals surface area contributed by atoms with E-state index >= 15 is 0 Å². The Morgan fingerprint density at radius 1 is 0.912 bits per heavy atom. The minimum Gasteiger partial charge on any atom is -0.497 e. The van der Waals surface area contributed by atoms with E-state index in [9.17, 15) is 13.2 Å². The maximum atomic E-state index is 12.9. The van der Waals surface area contributed by atoms with Gasteiger partial charge in [-0.2, -0.15) is 0 Å². The number of carbonyl (C=O) groups is 1. The zero-order valence-corrected chi connectivity index (χ0v) is 20.0. The molecule has 1 aliphatic rings. The van der Waals surface area contributed by atoms with E-state index in [1.54, 1.807) is 42.3 Å². The molecule has 34 heavy (non-hydrogen) atoms. The average molecular weight is 491 g/mol. The van der Waals surface area contributed by atoms with E-state index in [4.69, 9.17) is 4.74 Å². The van der Waals surface area contributed by atoms with Gasteiger partial charge in [0, 0.05) is 11.4 Å². The SMILES string of the molecule is COc1ccc(N2C(=O)CS[C@@H]2c2ccc(NS(=O)(=O)c3ccc4ccccc4c3)cc2)cc1. The molecule has 1 aliphatic heterocycles. The molecule has 1 atom stereocenters. The highest BCUT2D eigenvalue weighted by atomic mass is 32.2. The van der Waals surface area contributed by atoms with Crippen molar-refractivity contribution < 1.29 is 17.9 Å². The predicted molar refractivity (Wildman–Crippen MR) is 137 cm³/mol. The number of carbonyl (C=O) groups excluding carboxylic acids is 1. The van der Waals surface area contributed by atoms with Crippen LogP contribution in [0.2, 0.25) is 0 Å². The lowest BCUT2D eigenvalue weighted by Gasteiger charge is -2.24. The Morgan fingerprint density at radius 2 is 1.62 bits per heavy atom. The molecule has 6 nitrogen and oxygen atoms in total. The van der Waals surface area contributed by atoms with Gasteiger partial charge in [-0.3, -0.25) is 14.4 Å². The van der Waals surface area contributed by atoms with Gasteiger partial charge in [0.2, 0.25) is 5.91 Å². The lowest BCUT2D eigenvalue weighted by atomic mass is 10.1. The Kier molecular flexibility index (Phi) is 5.93. The van der Waals surface area contributed by atoms with Gasteiger partial charge in [0.15, 0.2) is 0 Å². The van der Waals surface area contributed by atoms with E-state index in [1.165, 1.54) is 11.8 Å². The van der Waals surface area contributed by atoms with Crippen molar-refractivity contribution in [3.05, 3.63) is 96.6 Å². The molecule has 1 amide bonds. The van der Waals surface area contributed by atoms with Crippen LogP contribution in [0.3, 0.4) is 0 Å².